The molecule has 0 aliphatic carbocycles. The Morgan fingerprint density at radius 2 is 1.24 bits per heavy atom. The zero-order valence-corrected chi connectivity index (χ0v) is 23.6. The molecule has 3 aromatic rings. The van der Waals surface area contributed by atoms with Crippen molar-refractivity contribution in [1.82, 2.24) is 9.13 Å². The maximum absolute atomic E-state index is 13.5. The second kappa shape index (κ2) is 18.2. The zero-order chi connectivity index (χ0) is 28.0. The number of hydrogen-bond donors (Lipinski definition) is 1. The van der Waals surface area contributed by atoms with Gasteiger partial charge in [-0.25, -0.2) is 4.79 Å². The third kappa shape index (κ3) is 10.5. The highest BCUT2D eigenvalue weighted by Gasteiger charge is 2.19. The first kappa shape index (κ1) is 40.8. The number of nitrogens with zero attached hydrogens (tertiary/aromatic N) is 2. The van der Waals surface area contributed by atoms with E-state index in [2.05, 4.69) is 41.5 Å². The number of aromatic nitrogens is 2. The van der Waals surface area contributed by atoms with E-state index in [1.54, 1.807) is 34.9 Å². The number of carboxylic acids is 1. The van der Waals surface area contributed by atoms with E-state index in [-0.39, 0.29) is 47.6 Å². The zero-order valence-electron chi connectivity index (χ0n) is 23.6. The van der Waals surface area contributed by atoms with Gasteiger partial charge in [-0.2, -0.15) is 0 Å². The average Bonchev–Trinajstić information content (AvgIpc) is 3.10. The monoisotopic (exact) mass is 586 g/mol. The highest BCUT2D eigenvalue weighted by molar-refractivity contribution is 6.10. The average molecular weight is 587 g/mol. The van der Waals surface area contributed by atoms with Gasteiger partial charge >= 0.3 is 11.7 Å². The number of carbonyl (C=O) groups is 2. The van der Waals surface area contributed by atoms with E-state index in [1.165, 1.54) is 0 Å². The summed E-state index contributed by atoms with van der Waals surface area (Å²) in [6, 6.07) is 10.4. The number of aliphatic carboxylic acids is 1. The fourth-order valence-electron chi connectivity index (χ4n) is 4.40. The molecule has 0 amide bonds. The Labute approximate surface area is 254 Å². The molecular formula is C35H58N2O5. The number of ether oxygens (including phenoxy) is 1. The molecule has 238 valence electrons. The normalized spacial score (nSPS) is 10.6. The number of carbonyl (C=O) groups excluding carboxylic acids is 1. The number of aryl methyl sites for hydroxylation is 2. The van der Waals surface area contributed by atoms with E-state index in [9.17, 15) is 19.5 Å². The molecule has 0 atom stereocenters. The maximum atomic E-state index is 13.5. The molecule has 0 radical (unpaired) electrons. The molecule has 7 nitrogen and oxygen atoms in total. The number of hydrogen-bond acceptors (Lipinski definition) is 4. The van der Waals surface area contributed by atoms with Crippen LogP contribution in [-0.2, 0) is 24.3 Å². The molecule has 1 aromatic heterocycles. The van der Waals surface area contributed by atoms with Gasteiger partial charge in [-0.3, -0.25) is 18.7 Å². The Morgan fingerprint density at radius 3 is 1.76 bits per heavy atom. The van der Waals surface area contributed by atoms with Crippen molar-refractivity contribution in [2.45, 2.75) is 110 Å². The van der Waals surface area contributed by atoms with Crippen LogP contribution in [0.4, 0.5) is 0 Å². The predicted octanol–water partition coefficient (Wildman–Crippen LogP) is 8.72. The Balaban J connectivity index is 0. The molecule has 2 aromatic carbocycles. The molecule has 0 saturated carbocycles. The number of benzene rings is 2. The van der Waals surface area contributed by atoms with E-state index in [1.807, 2.05) is 10.6 Å². The Morgan fingerprint density at radius 1 is 0.738 bits per heavy atom. The molecule has 0 saturated heterocycles. The van der Waals surface area contributed by atoms with Gasteiger partial charge in [0.15, 0.2) is 5.78 Å². The lowest BCUT2D eigenvalue weighted by Gasteiger charge is -2.13. The number of carboxylic acid groups (broad SMARTS) is 1. The largest absolute Gasteiger partial charge is 0.493 e. The van der Waals surface area contributed by atoms with E-state index in [0.717, 1.165) is 30.3 Å². The highest BCUT2D eigenvalue weighted by atomic mass is 16.5. The molecule has 0 fully saturated rings. The van der Waals surface area contributed by atoms with Crippen molar-refractivity contribution in [1.29, 1.82) is 0 Å². The topological polar surface area (TPSA) is 90.5 Å². The van der Waals surface area contributed by atoms with Gasteiger partial charge in [-0.05, 0) is 73.4 Å². The number of ketones is 1. The van der Waals surface area contributed by atoms with Gasteiger partial charge in [-0.1, -0.05) is 71.2 Å². The molecule has 0 bridgehead atoms. The van der Waals surface area contributed by atoms with Gasteiger partial charge in [0.2, 0.25) is 0 Å². The molecule has 0 aliphatic rings. The summed E-state index contributed by atoms with van der Waals surface area (Å²) >= 11 is 0. The van der Waals surface area contributed by atoms with Crippen LogP contribution in [0.3, 0.4) is 0 Å². The minimum Gasteiger partial charge on any atom is -0.493 e. The Hall–Kier alpha value is -3.35. The first-order valence-electron chi connectivity index (χ1n) is 13.7. The summed E-state index contributed by atoms with van der Waals surface area (Å²) in [7, 11) is 0. The van der Waals surface area contributed by atoms with Crippen molar-refractivity contribution in [2.24, 2.45) is 17.8 Å². The van der Waals surface area contributed by atoms with Crippen LogP contribution >= 0.6 is 0 Å². The smallest absolute Gasteiger partial charge is 0.329 e. The van der Waals surface area contributed by atoms with Crippen LogP contribution in [0, 0.1) is 17.8 Å². The van der Waals surface area contributed by atoms with Crippen molar-refractivity contribution in [3.05, 3.63) is 63.6 Å². The second-order valence-electron chi connectivity index (χ2n) is 11.4. The summed E-state index contributed by atoms with van der Waals surface area (Å²) in [4.78, 5) is 38.4. The van der Waals surface area contributed by atoms with Gasteiger partial charge in [-0.15, -0.1) is 0 Å². The van der Waals surface area contributed by atoms with E-state index in [4.69, 9.17) is 4.74 Å². The highest BCUT2D eigenvalue weighted by Crippen LogP contribution is 2.25. The van der Waals surface area contributed by atoms with E-state index < -0.39 is 5.97 Å². The summed E-state index contributed by atoms with van der Waals surface area (Å²) in [6.45, 7) is 14.4. The van der Waals surface area contributed by atoms with Gasteiger partial charge in [0.25, 0.3) is 0 Å². The van der Waals surface area contributed by atoms with Crippen molar-refractivity contribution < 1.29 is 19.4 Å². The van der Waals surface area contributed by atoms with Gasteiger partial charge in [0, 0.05) is 29.8 Å². The summed E-state index contributed by atoms with van der Waals surface area (Å²) in [5.74, 6) is 0.659. The van der Waals surface area contributed by atoms with Crippen LogP contribution in [0.5, 0.6) is 5.75 Å². The number of fused-ring (bicyclic) bond motifs is 1. The van der Waals surface area contributed by atoms with Gasteiger partial charge in [0.05, 0.1) is 24.1 Å². The lowest BCUT2D eigenvalue weighted by Crippen LogP contribution is -2.25. The van der Waals surface area contributed by atoms with Crippen LogP contribution in [0.1, 0.15) is 112 Å². The molecular weight excluding hydrogens is 528 g/mol. The third-order valence-corrected chi connectivity index (χ3v) is 6.76. The molecule has 1 heterocycles. The fourth-order valence-corrected chi connectivity index (χ4v) is 4.40. The van der Waals surface area contributed by atoms with Crippen LogP contribution in [0.15, 0.2) is 41.2 Å². The summed E-state index contributed by atoms with van der Waals surface area (Å²) in [5.41, 5.74) is 2.87. The molecule has 0 spiro atoms. The molecule has 0 unspecified atom stereocenters. The van der Waals surface area contributed by atoms with Crippen LogP contribution in [0.2, 0.25) is 0 Å². The SMILES string of the molecule is C.C.C.C.CC(C)CCOc1ccc(C(=O)c2ccc3c(c2)n(CCC(C)C)c(=O)n3CCC(C)C)cc1CC(=O)O. The molecule has 0 aliphatic heterocycles. The minimum absolute atomic E-state index is 0. The maximum Gasteiger partial charge on any atom is 0.329 e. The van der Waals surface area contributed by atoms with Crippen LogP contribution in [-0.4, -0.2) is 32.6 Å². The van der Waals surface area contributed by atoms with Gasteiger partial charge in [0.1, 0.15) is 5.75 Å². The van der Waals surface area contributed by atoms with E-state index in [0.29, 0.717) is 59.9 Å². The molecule has 3 rings (SSSR count). The standard InChI is InChI=1S/C31H42N2O5.4CH4/c1-20(2)11-14-32-26-9-7-24(18-27(26)33(31(32)37)15-12-21(3)4)30(36)23-8-10-28(38-16-13-22(5)6)25(17-23)19-29(34)35;;;;/h7-10,17-18,20-22H,11-16,19H2,1-6H3,(H,34,35);4*1H4. The predicted molar refractivity (Wildman–Crippen MR) is 178 cm³/mol. The summed E-state index contributed by atoms with van der Waals surface area (Å²) in [6.07, 6.45) is 2.37. The van der Waals surface area contributed by atoms with Crippen molar-refractivity contribution in [3.63, 3.8) is 0 Å². The summed E-state index contributed by atoms with van der Waals surface area (Å²) < 4.78 is 9.45. The molecule has 7 heteroatoms. The fraction of sp³-hybridized carbons (Fsp3) is 0.571. The summed E-state index contributed by atoms with van der Waals surface area (Å²) in [5, 5.41) is 9.42. The Kier molecular flexibility index (Phi) is 17.7. The second-order valence-corrected chi connectivity index (χ2v) is 11.4. The van der Waals surface area contributed by atoms with Crippen LogP contribution in [0.25, 0.3) is 11.0 Å². The first-order valence-corrected chi connectivity index (χ1v) is 13.7. The van der Waals surface area contributed by atoms with Crippen molar-refractivity contribution in [2.75, 3.05) is 6.61 Å². The number of rotatable bonds is 14. The molecule has 1 N–H and O–H groups in total. The van der Waals surface area contributed by atoms with Crippen molar-refractivity contribution in [3.8, 4) is 5.75 Å². The minimum atomic E-state index is -0.985. The third-order valence-electron chi connectivity index (χ3n) is 6.76. The van der Waals surface area contributed by atoms with Gasteiger partial charge < -0.3 is 9.84 Å². The lowest BCUT2D eigenvalue weighted by molar-refractivity contribution is -0.136. The van der Waals surface area contributed by atoms with E-state index >= 15 is 0 Å². The quantitative estimate of drug-likeness (QED) is 0.191. The Bertz CT molecular complexity index is 1330. The lowest BCUT2D eigenvalue weighted by atomic mass is 9.99. The number of imidazole rings is 1. The first-order chi connectivity index (χ1) is 18.0. The van der Waals surface area contributed by atoms with Crippen molar-refractivity contribution >= 4 is 22.8 Å². The molecule has 42 heavy (non-hydrogen) atoms. The van der Waals surface area contributed by atoms with Crippen LogP contribution < -0.4 is 10.4 Å².